The topological polar surface area (TPSA) is 17.1 Å². The highest BCUT2D eigenvalue weighted by molar-refractivity contribution is 5.79. The molecule has 0 bridgehead atoms. The largest absolute Gasteiger partial charge is 0.285 e. The summed E-state index contributed by atoms with van der Waals surface area (Å²) in [5.41, 5.74) is 1.41. The standard InChI is InChI=1S/C11H9O/c1-10(9-12)7-8-11-5-3-2-4-6-11/h2-8H,1H2/b8-7+. The van der Waals surface area contributed by atoms with Crippen LogP contribution in [0.15, 0.2) is 48.6 Å². The molecule has 0 unspecified atom stereocenters. The molecule has 0 aliphatic heterocycles. The molecule has 0 saturated heterocycles. The molecule has 0 heterocycles. The van der Waals surface area contributed by atoms with Gasteiger partial charge in [-0.2, -0.15) is 0 Å². The Bertz CT molecular complexity index is 296. The number of carbonyl (C=O) groups excluding carboxylic acids is 1. The second kappa shape index (κ2) is 4.29. The van der Waals surface area contributed by atoms with Crippen LogP contribution in [0.1, 0.15) is 5.56 Å². The van der Waals surface area contributed by atoms with Crippen molar-refractivity contribution >= 4 is 12.4 Å². The highest BCUT2D eigenvalue weighted by atomic mass is 16.1. The van der Waals surface area contributed by atoms with Gasteiger partial charge in [0.2, 0.25) is 6.29 Å². The molecule has 1 radical (unpaired) electrons. The second-order valence-corrected chi connectivity index (χ2v) is 2.37. The van der Waals surface area contributed by atoms with Crippen molar-refractivity contribution in [2.75, 3.05) is 0 Å². The maximum atomic E-state index is 10.1. The smallest absolute Gasteiger partial charge is 0.232 e. The van der Waals surface area contributed by atoms with E-state index in [0.29, 0.717) is 5.57 Å². The molecule has 1 heteroatoms. The van der Waals surface area contributed by atoms with Gasteiger partial charge in [-0.3, -0.25) is 4.79 Å². The fourth-order valence-corrected chi connectivity index (χ4v) is 0.795. The number of hydrogen-bond acceptors (Lipinski definition) is 1. The molecule has 0 atom stereocenters. The van der Waals surface area contributed by atoms with Crippen LogP contribution in [0.4, 0.5) is 0 Å². The van der Waals surface area contributed by atoms with Gasteiger partial charge in [0, 0.05) is 5.57 Å². The Labute approximate surface area is 72.0 Å². The third-order valence-corrected chi connectivity index (χ3v) is 1.41. The lowest BCUT2D eigenvalue weighted by atomic mass is 10.2. The summed E-state index contributed by atoms with van der Waals surface area (Å²) in [5, 5.41) is 0. The summed E-state index contributed by atoms with van der Waals surface area (Å²) in [7, 11) is 0. The SMILES string of the molecule is C=C([C]=O)/C=C/c1ccccc1. The first kappa shape index (κ1) is 8.47. The lowest BCUT2D eigenvalue weighted by molar-refractivity contribution is 0.563. The van der Waals surface area contributed by atoms with E-state index in [9.17, 15) is 4.79 Å². The molecule has 59 valence electrons. The van der Waals surface area contributed by atoms with Gasteiger partial charge in [-0.1, -0.05) is 49.1 Å². The van der Waals surface area contributed by atoms with Gasteiger partial charge in [-0.05, 0) is 5.56 Å². The van der Waals surface area contributed by atoms with E-state index in [-0.39, 0.29) is 0 Å². The summed E-state index contributed by atoms with van der Waals surface area (Å²) in [4.78, 5) is 10.1. The van der Waals surface area contributed by atoms with E-state index in [0.717, 1.165) is 5.56 Å². The number of rotatable bonds is 3. The molecule has 0 aromatic heterocycles. The lowest BCUT2D eigenvalue weighted by Gasteiger charge is -1.89. The third-order valence-electron chi connectivity index (χ3n) is 1.41. The summed E-state index contributed by atoms with van der Waals surface area (Å²) < 4.78 is 0. The third kappa shape index (κ3) is 2.54. The van der Waals surface area contributed by atoms with Gasteiger partial charge in [-0.25, -0.2) is 0 Å². The fraction of sp³-hybridized carbons (Fsp3) is 0. The van der Waals surface area contributed by atoms with Crippen LogP contribution in [-0.4, -0.2) is 6.29 Å². The minimum Gasteiger partial charge on any atom is -0.285 e. The first-order valence-electron chi connectivity index (χ1n) is 3.63. The summed E-state index contributed by atoms with van der Waals surface area (Å²) in [6.45, 7) is 3.48. The molecule has 12 heavy (non-hydrogen) atoms. The van der Waals surface area contributed by atoms with E-state index in [1.165, 1.54) is 0 Å². The Morgan fingerprint density at radius 3 is 2.58 bits per heavy atom. The Morgan fingerprint density at radius 2 is 2.00 bits per heavy atom. The van der Waals surface area contributed by atoms with Crippen LogP contribution in [-0.2, 0) is 4.79 Å². The molecule has 0 aliphatic carbocycles. The van der Waals surface area contributed by atoms with Crippen molar-refractivity contribution < 1.29 is 4.79 Å². The summed E-state index contributed by atoms with van der Waals surface area (Å²) in [6, 6.07) is 9.72. The van der Waals surface area contributed by atoms with Crippen molar-refractivity contribution in [3.63, 3.8) is 0 Å². The monoisotopic (exact) mass is 157 g/mol. The number of benzene rings is 1. The molecule has 0 amide bonds. The zero-order chi connectivity index (χ0) is 8.81. The Morgan fingerprint density at radius 1 is 1.33 bits per heavy atom. The Hall–Kier alpha value is -1.63. The maximum absolute atomic E-state index is 10.1. The van der Waals surface area contributed by atoms with E-state index >= 15 is 0 Å². The van der Waals surface area contributed by atoms with Gasteiger partial charge in [0.05, 0.1) is 0 Å². The van der Waals surface area contributed by atoms with Crippen LogP contribution in [0.3, 0.4) is 0 Å². The Balaban J connectivity index is 2.70. The fourth-order valence-electron chi connectivity index (χ4n) is 0.795. The predicted molar refractivity (Wildman–Crippen MR) is 50.3 cm³/mol. The average Bonchev–Trinajstić information content (AvgIpc) is 2.16. The highest BCUT2D eigenvalue weighted by Crippen LogP contribution is 2.02. The normalized spacial score (nSPS) is 10.0. The van der Waals surface area contributed by atoms with Gasteiger partial charge < -0.3 is 0 Å². The Kier molecular flexibility index (Phi) is 3.03. The van der Waals surface area contributed by atoms with Gasteiger partial charge in [0.25, 0.3) is 0 Å². The van der Waals surface area contributed by atoms with E-state index in [2.05, 4.69) is 6.58 Å². The van der Waals surface area contributed by atoms with Gasteiger partial charge in [0.1, 0.15) is 0 Å². The molecule has 0 fully saturated rings. The number of allylic oxidation sites excluding steroid dienone is 2. The van der Waals surface area contributed by atoms with Crippen LogP contribution in [0.25, 0.3) is 6.08 Å². The predicted octanol–water partition coefficient (Wildman–Crippen LogP) is 2.37. The minimum atomic E-state index is 0.360. The first-order valence-corrected chi connectivity index (χ1v) is 3.63. The van der Waals surface area contributed by atoms with E-state index in [1.54, 1.807) is 12.4 Å². The van der Waals surface area contributed by atoms with Crippen LogP contribution >= 0.6 is 0 Å². The van der Waals surface area contributed by atoms with Crippen molar-refractivity contribution in [2.24, 2.45) is 0 Å². The van der Waals surface area contributed by atoms with Crippen LogP contribution in [0.2, 0.25) is 0 Å². The molecule has 1 nitrogen and oxygen atoms in total. The molecular formula is C11H9O. The van der Waals surface area contributed by atoms with Crippen molar-refractivity contribution in [2.45, 2.75) is 0 Å². The maximum Gasteiger partial charge on any atom is 0.232 e. The van der Waals surface area contributed by atoms with Crippen LogP contribution in [0.5, 0.6) is 0 Å². The molecular weight excluding hydrogens is 148 g/mol. The van der Waals surface area contributed by atoms with Gasteiger partial charge in [0.15, 0.2) is 0 Å². The second-order valence-electron chi connectivity index (χ2n) is 2.37. The molecule has 0 spiro atoms. The number of hydrogen-bond donors (Lipinski definition) is 0. The van der Waals surface area contributed by atoms with Crippen LogP contribution < -0.4 is 0 Å². The zero-order valence-corrected chi connectivity index (χ0v) is 6.66. The van der Waals surface area contributed by atoms with Crippen molar-refractivity contribution in [3.05, 3.63) is 54.1 Å². The first-order chi connectivity index (χ1) is 5.83. The quantitative estimate of drug-likeness (QED) is 0.486. The van der Waals surface area contributed by atoms with E-state index < -0.39 is 0 Å². The van der Waals surface area contributed by atoms with Crippen molar-refractivity contribution in [1.82, 2.24) is 0 Å². The molecule has 1 aromatic rings. The summed E-state index contributed by atoms with van der Waals surface area (Å²) >= 11 is 0. The molecule has 0 saturated carbocycles. The zero-order valence-electron chi connectivity index (χ0n) is 6.66. The summed E-state index contributed by atoms with van der Waals surface area (Å²) in [6.07, 6.45) is 5.17. The molecule has 0 aliphatic rings. The van der Waals surface area contributed by atoms with Crippen molar-refractivity contribution in [1.29, 1.82) is 0 Å². The molecule has 0 N–H and O–H groups in total. The van der Waals surface area contributed by atoms with Gasteiger partial charge in [-0.15, -0.1) is 0 Å². The van der Waals surface area contributed by atoms with Crippen molar-refractivity contribution in [3.8, 4) is 0 Å². The lowest BCUT2D eigenvalue weighted by Crippen LogP contribution is -1.74. The van der Waals surface area contributed by atoms with E-state index in [4.69, 9.17) is 0 Å². The molecule has 1 aromatic carbocycles. The van der Waals surface area contributed by atoms with Crippen LogP contribution in [0, 0.1) is 0 Å². The van der Waals surface area contributed by atoms with E-state index in [1.807, 2.05) is 36.4 Å². The highest BCUT2D eigenvalue weighted by Gasteiger charge is 1.84. The summed E-state index contributed by atoms with van der Waals surface area (Å²) in [5.74, 6) is 0. The molecule has 1 rings (SSSR count). The average molecular weight is 157 g/mol. The van der Waals surface area contributed by atoms with Gasteiger partial charge >= 0.3 is 0 Å². The minimum absolute atomic E-state index is 0.360.